The largest absolute Gasteiger partial charge is 0.465 e. The van der Waals surface area contributed by atoms with Crippen molar-refractivity contribution in [2.75, 3.05) is 7.11 Å². The summed E-state index contributed by atoms with van der Waals surface area (Å²) in [5.41, 5.74) is 2.66. The van der Waals surface area contributed by atoms with Gasteiger partial charge in [0, 0.05) is 0 Å². The van der Waals surface area contributed by atoms with Gasteiger partial charge in [0.25, 0.3) is 0 Å². The maximum absolute atomic E-state index is 11.3. The van der Waals surface area contributed by atoms with Crippen LogP contribution in [-0.4, -0.2) is 24.3 Å². The van der Waals surface area contributed by atoms with Crippen LogP contribution in [0, 0.1) is 5.92 Å². The van der Waals surface area contributed by atoms with Crippen molar-refractivity contribution in [3.63, 3.8) is 0 Å². The van der Waals surface area contributed by atoms with Gasteiger partial charge in [-0.3, -0.25) is 0 Å². The molecule has 3 nitrogen and oxygen atoms in total. The molecule has 1 aliphatic rings. The summed E-state index contributed by atoms with van der Waals surface area (Å²) < 4.78 is 4.58. The van der Waals surface area contributed by atoms with Crippen molar-refractivity contribution in [2.24, 2.45) is 5.92 Å². The average Bonchev–Trinajstić information content (AvgIpc) is 2.30. The minimum Gasteiger partial charge on any atom is -0.465 e. The summed E-state index contributed by atoms with van der Waals surface area (Å²) in [5, 5.41) is 9.99. The molecule has 1 rings (SSSR count). The topological polar surface area (TPSA) is 46.5 Å². The van der Waals surface area contributed by atoms with E-state index in [1.807, 2.05) is 0 Å². The highest BCUT2D eigenvalue weighted by atomic mass is 16.5. The van der Waals surface area contributed by atoms with Crippen molar-refractivity contribution in [1.82, 2.24) is 0 Å². The molecular formula is C12H18O3. The van der Waals surface area contributed by atoms with Crippen molar-refractivity contribution < 1.29 is 14.6 Å². The van der Waals surface area contributed by atoms with Crippen LogP contribution in [0.15, 0.2) is 17.9 Å². The number of ether oxygens (including phenoxy) is 1. The minimum absolute atomic E-state index is 0.155. The molecule has 0 aliphatic heterocycles. The van der Waals surface area contributed by atoms with Crippen LogP contribution in [0.2, 0.25) is 0 Å². The van der Waals surface area contributed by atoms with Crippen molar-refractivity contribution in [2.45, 2.75) is 38.2 Å². The summed E-state index contributed by atoms with van der Waals surface area (Å²) in [6, 6.07) is 0. The van der Waals surface area contributed by atoms with Crippen LogP contribution in [-0.2, 0) is 9.53 Å². The molecule has 0 radical (unpaired) electrons. The highest BCUT2D eigenvalue weighted by molar-refractivity contribution is 5.89. The number of carbonyl (C=O) groups excluding carboxylic acids is 1. The van der Waals surface area contributed by atoms with Crippen LogP contribution in [0.3, 0.4) is 0 Å². The third kappa shape index (κ3) is 2.95. The van der Waals surface area contributed by atoms with E-state index < -0.39 is 12.1 Å². The van der Waals surface area contributed by atoms with Gasteiger partial charge in [-0.2, -0.15) is 0 Å². The van der Waals surface area contributed by atoms with Gasteiger partial charge >= 0.3 is 5.97 Å². The highest BCUT2D eigenvalue weighted by Crippen LogP contribution is 2.29. The van der Waals surface area contributed by atoms with Crippen LogP contribution < -0.4 is 0 Å². The molecule has 1 N–H and O–H groups in total. The fourth-order valence-corrected chi connectivity index (χ4v) is 2.09. The second-order valence-corrected chi connectivity index (χ2v) is 3.92. The number of esters is 1. The Labute approximate surface area is 90.4 Å². The number of aliphatic hydroxyl groups excluding tert-OH is 1. The summed E-state index contributed by atoms with van der Waals surface area (Å²) in [5.74, 6) is -0.370. The van der Waals surface area contributed by atoms with E-state index in [-0.39, 0.29) is 11.5 Å². The van der Waals surface area contributed by atoms with Crippen molar-refractivity contribution in [1.29, 1.82) is 0 Å². The summed E-state index contributed by atoms with van der Waals surface area (Å²) in [4.78, 5) is 11.3. The Morgan fingerprint density at radius 2 is 2.07 bits per heavy atom. The fourth-order valence-electron chi connectivity index (χ4n) is 2.09. The van der Waals surface area contributed by atoms with Crippen LogP contribution in [0.5, 0.6) is 0 Å². The number of carbonyl (C=O) groups is 1. The maximum Gasteiger partial charge on any atom is 0.344 e. The van der Waals surface area contributed by atoms with Gasteiger partial charge in [-0.25, -0.2) is 4.79 Å². The van der Waals surface area contributed by atoms with E-state index in [0.29, 0.717) is 0 Å². The number of methoxy groups -OCH3 is 1. The Balaban J connectivity index is 2.68. The molecule has 84 valence electrons. The number of hydrogen-bond acceptors (Lipinski definition) is 3. The normalized spacial score (nSPS) is 19.1. The molecule has 3 heteroatoms. The predicted octanol–water partition coefficient (Wildman–Crippen LogP) is 1.81. The van der Waals surface area contributed by atoms with Crippen LogP contribution in [0.25, 0.3) is 0 Å². The minimum atomic E-state index is -0.768. The fraction of sp³-hybridized carbons (Fsp3) is 0.667. The van der Waals surface area contributed by atoms with Crippen molar-refractivity contribution in [3.05, 3.63) is 17.9 Å². The average molecular weight is 210 g/mol. The number of hydrogen-bond donors (Lipinski definition) is 1. The molecule has 0 heterocycles. The van der Waals surface area contributed by atoms with Gasteiger partial charge in [-0.1, -0.05) is 25.8 Å². The van der Waals surface area contributed by atoms with E-state index in [2.05, 4.69) is 17.0 Å². The second-order valence-electron chi connectivity index (χ2n) is 3.92. The Morgan fingerprint density at radius 1 is 1.47 bits per heavy atom. The standard InChI is InChI=1S/C12H18O3/c1-3-10(12(14)15-2)11(13)9-7-5-4-6-8-9/h9,11,13H,1,4-8H2,2H3/t11-/m1/s1. The number of rotatable bonds is 3. The van der Waals surface area contributed by atoms with Gasteiger partial charge in [-0.05, 0) is 18.8 Å². The van der Waals surface area contributed by atoms with Crippen LogP contribution >= 0.6 is 0 Å². The smallest absolute Gasteiger partial charge is 0.344 e. The predicted molar refractivity (Wildman–Crippen MR) is 57.3 cm³/mol. The molecule has 0 bridgehead atoms. The molecule has 1 atom stereocenters. The lowest BCUT2D eigenvalue weighted by Crippen LogP contribution is -2.28. The van der Waals surface area contributed by atoms with Crippen LogP contribution in [0.1, 0.15) is 32.1 Å². The van der Waals surface area contributed by atoms with Crippen LogP contribution in [0.4, 0.5) is 0 Å². The first-order valence-electron chi connectivity index (χ1n) is 5.37. The van der Waals surface area contributed by atoms with E-state index in [0.717, 1.165) is 25.7 Å². The molecule has 0 aromatic carbocycles. The Hall–Kier alpha value is -1.05. The Morgan fingerprint density at radius 3 is 2.53 bits per heavy atom. The molecule has 0 aromatic heterocycles. The molecule has 0 spiro atoms. The monoisotopic (exact) mass is 210 g/mol. The Kier molecular flexibility index (Phi) is 4.60. The quantitative estimate of drug-likeness (QED) is 0.439. The first-order chi connectivity index (χ1) is 7.20. The summed E-state index contributed by atoms with van der Waals surface area (Å²) in [6.07, 6.45) is 4.61. The lowest BCUT2D eigenvalue weighted by molar-refractivity contribution is -0.137. The van der Waals surface area contributed by atoms with E-state index in [1.54, 1.807) is 0 Å². The molecule has 0 amide bonds. The summed E-state index contributed by atoms with van der Waals surface area (Å²) in [6.45, 7) is 3.42. The van der Waals surface area contributed by atoms with Gasteiger partial charge in [-0.15, -0.1) is 5.73 Å². The zero-order chi connectivity index (χ0) is 11.3. The first kappa shape index (κ1) is 12.0. The summed E-state index contributed by atoms with van der Waals surface area (Å²) >= 11 is 0. The zero-order valence-electron chi connectivity index (χ0n) is 9.16. The molecule has 0 aromatic rings. The van der Waals surface area contributed by atoms with Gasteiger partial charge in [0.05, 0.1) is 13.2 Å². The highest BCUT2D eigenvalue weighted by Gasteiger charge is 2.28. The number of aliphatic hydroxyl groups is 1. The van der Waals surface area contributed by atoms with Crippen molar-refractivity contribution >= 4 is 5.97 Å². The molecule has 0 unspecified atom stereocenters. The van der Waals surface area contributed by atoms with Gasteiger partial charge in [0.2, 0.25) is 0 Å². The lowest BCUT2D eigenvalue weighted by Gasteiger charge is -2.26. The Bertz CT molecular complexity index is 271. The van der Waals surface area contributed by atoms with E-state index in [1.165, 1.54) is 13.5 Å². The first-order valence-corrected chi connectivity index (χ1v) is 5.37. The SMILES string of the molecule is C=C=C(C(=O)OC)[C@H](O)C1CCCCC1. The molecule has 1 aliphatic carbocycles. The van der Waals surface area contributed by atoms with E-state index in [9.17, 15) is 9.90 Å². The van der Waals surface area contributed by atoms with E-state index >= 15 is 0 Å². The molecule has 0 saturated heterocycles. The van der Waals surface area contributed by atoms with Gasteiger partial charge in [0.15, 0.2) is 0 Å². The lowest BCUT2D eigenvalue weighted by atomic mass is 9.83. The second kappa shape index (κ2) is 5.74. The summed E-state index contributed by atoms with van der Waals surface area (Å²) in [7, 11) is 1.30. The van der Waals surface area contributed by atoms with Crippen molar-refractivity contribution in [3.8, 4) is 0 Å². The molecule has 1 saturated carbocycles. The molecule has 1 fully saturated rings. The molecular weight excluding hydrogens is 192 g/mol. The van der Waals surface area contributed by atoms with E-state index in [4.69, 9.17) is 0 Å². The maximum atomic E-state index is 11.3. The third-order valence-electron chi connectivity index (χ3n) is 2.99. The third-order valence-corrected chi connectivity index (χ3v) is 2.99. The molecule has 15 heavy (non-hydrogen) atoms. The van der Waals surface area contributed by atoms with Gasteiger partial charge < -0.3 is 9.84 Å². The van der Waals surface area contributed by atoms with Gasteiger partial charge in [0.1, 0.15) is 5.57 Å². The zero-order valence-corrected chi connectivity index (χ0v) is 9.16.